The minimum Gasteiger partial charge on any atom is -0.271 e. The maximum atomic E-state index is 5.65. The molecule has 2 aromatic rings. The fourth-order valence-electron chi connectivity index (χ4n) is 1.77. The van der Waals surface area contributed by atoms with Crippen LogP contribution in [0.5, 0.6) is 0 Å². The van der Waals surface area contributed by atoms with E-state index in [0.717, 1.165) is 6.42 Å². The largest absolute Gasteiger partial charge is 0.271 e. The van der Waals surface area contributed by atoms with Crippen LogP contribution in [-0.2, 0) is 6.42 Å². The van der Waals surface area contributed by atoms with Crippen LogP contribution in [-0.4, -0.2) is 4.98 Å². The number of nitrogens with two attached hydrogens (primary N) is 1. The Bertz CT molecular complexity index is 473. The van der Waals surface area contributed by atoms with Crippen molar-refractivity contribution in [2.24, 2.45) is 5.84 Å². The van der Waals surface area contributed by atoms with Crippen molar-refractivity contribution in [2.75, 3.05) is 0 Å². The molecule has 88 valence electrons. The topological polar surface area (TPSA) is 50.9 Å². The van der Waals surface area contributed by atoms with Crippen LogP contribution < -0.4 is 11.3 Å². The Balaban J connectivity index is 2.21. The van der Waals surface area contributed by atoms with Gasteiger partial charge in [-0.25, -0.2) is 0 Å². The van der Waals surface area contributed by atoms with E-state index in [1.807, 2.05) is 24.4 Å². The van der Waals surface area contributed by atoms with E-state index < -0.39 is 0 Å². The summed E-state index contributed by atoms with van der Waals surface area (Å²) in [6, 6.07) is 12.4. The van der Waals surface area contributed by atoms with Gasteiger partial charge in [0.2, 0.25) is 0 Å². The molecule has 4 heteroatoms. The number of rotatable bonds is 4. The smallest absolute Gasteiger partial charge is 0.0511 e. The molecule has 0 radical (unpaired) electrons. The number of halogens is 1. The summed E-state index contributed by atoms with van der Waals surface area (Å²) >= 11 is 2.33. The van der Waals surface area contributed by atoms with Crippen LogP contribution >= 0.6 is 22.6 Å². The van der Waals surface area contributed by atoms with Crippen molar-refractivity contribution in [3.63, 3.8) is 0 Å². The van der Waals surface area contributed by atoms with Crippen molar-refractivity contribution in [1.82, 2.24) is 10.4 Å². The SMILES string of the molecule is NNC(Cc1cccnc1)c1ccccc1I. The first kappa shape index (κ1) is 12.5. The summed E-state index contributed by atoms with van der Waals surface area (Å²) in [6.07, 6.45) is 4.49. The van der Waals surface area contributed by atoms with Crippen molar-refractivity contribution < 1.29 is 0 Å². The highest BCUT2D eigenvalue weighted by molar-refractivity contribution is 14.1. The second-order valence-corrected chi connectivity index (χ2v) is 4.97. The lowest BCUT2D eigenvalue weighted by atomic mass is 10.0. The van der Waals surface area contributed by atoms with Crippen LogP contribution in [0.25, 0.3) is 0 Å². The van der Waals surface area contributed by atoms with Crippen LogP contribution in [0, 0.1) is 3.57 Å². The quantitative estimate of drug-likeness (QED) is 0.511. The zero-order valence-electron chi connectivity index (χ0n) is 9.31. The minimum absolute atomic E-state index is 0.118. The van der Waals surface area contributed by atoms with E-state index >= 15 is 0 Å². The van der Waals surface area contributed by atoms with E-state index in [1.165, 1.54) is 14.7 Å². The van der Waals surface area contributed by atoms with Gasteiger partial charge in [0.05, 0.1) is 6.04 Å². The van der Waals surface area contributed by atoms with E-state index in [1.54, 1.807) is 6.20 Å². The summed E-state index contributed by atoms with van der Waals surface area (Å²) in [5.41, 5.74) is 5.27. The van der Waals surface area contributed by atoms with E-state index in [9.17, 15) is 0 Å². The van der Waals surface area contributed by atoms with Crippen molar-refractivity contribution in [3.8, 4) is 0 Å². The predicted octanol–water partition coefficient (Wildman–Crippen LogP) is 2.43. The van der Waals surface area contributed by atoms with Gasteiger partial charge in [-0.1, -0.05) is 24.3 Å². The minimum atomic E-state index is 0.118. The summed E-state index contributed by atoms with van der Waals surface area (Å²) in [6.45, 7) is 0. The highest BCUT2D eigenvalue weighted by atomic mass is 127. The van der Waals surface area contributed by atoms with Gasteiger partial charge in [-0.05, 0) is 52.3 Å². The van der Waals surface area contributed by atoms with E-state index in [-0.39, 0.29) is 6.04 Å². The molecule has 3 nitrogen and oxygen atoms in total. The normalized spacial score (nSPS) is 12.4. The first-order valence-electron chi connectivity index (χ1n) is 5.40. The Labute approximate surface area is 115 Å². The summed E-state index contributed by atoms with van der Waals surface area (Å²) < 4.78 is 1.22. The number of hydrogen-bond acceptors (Lipinski definition) is 3. The highest BCUT2D eigenvalue weighted by Gasteiger charge is 2.12. The molecule has 1 atom stereocenters. The van der Waals surface area contributed by atoms with Gasteiger partial charge in [-0.15, -0.1) is 0 Å². The lowest BCUT2D eigenvalue weighted by molar-refractivity contribution is 0.549. The van der Waals surface area contributed by atoms with Gasteiger partial charge in [-0.2, -0.15) is 0 Å². The zero-order valence-corrected chi connectivity index (χ0v) is 11.5. The fourth-order valence-corrected chi connectivity index (χ4v) is 2.53. The Morgan fingerprint density at radius 3 is 2.71 bits per heavy atom. The Kier molecular flexibility index (Phi) is 4.47. The van der Waals surface area contributed by atoms with Gasteiger partial charge in [0.1, 0.15) is 0 Å². The average Bonchev–Trinajstić information content (AvgIpc) is 2.38. The highest BCUT2D eigenvalue weighted by Crippen LogP contribution is 2.22. The molecule has 0 aliphatic carbocycles. The number of aromatic nitrogens is 1. The molecule has 0 saturated carbocycles. The summed E-state index contributed by atoms with van der Waals surface area (Å²) in [5, 5.41) is 0. The monoisotopic (exact) mass is 339 g/mol. The second-order valence-electron chi connectivity index (χ2n) is 3.81. The van der Waals surface area contributed by atoms with Crippen molar-refractivity contribution >= 4 is 22.6 Å². The molecule has 0 spiro atoms. The predicted molar refractivity (Wildman–Crippen MR) is 77.2 cm³/mol. The van der Waals surface area contributed by atoms with E-state index in [2.05, 4.69) is 51.2 Å². The first-order chi connectivity index (χ1) is 8.31. The molecule has 1 aromatic heterocycles. The van der Waals surface area contributed by atoms with Crippen LogP contribution in [0.1, 0.15) is 17.2 Å². The summed E-state index contributed by atoms with van der Waals surface area (Å²) in [7, 11) is 0. The maximum Gasteiger partial charge on any atom is 0.0511 e. The molecule has 0 aliphatic rings. The average molecular weight is 339 g/mol. The molecule has 0 aliphatic heterocycles. The molecule has 3 N–H and O–H groups in total. The van der Waals surface area contributed by atoms with Gasteiger partial charge < -0.3 is 0 Å². The molecular formula is C13H14IN3. The number of nitrogens with zero attached hydrogens (tertiary/aromatic N) is 1. The first-order valence-corrected chi connectivity index (χ1v) is 6.48. The van der Waals surface area contributed by atoms with Gasteiger partial charge in [0.25, 0.3) is 0 Å². The molecule has 0 amide bonds. The molecule has 1 aromatic carbocycles. The third-order valence-corrected chi connectivity index (χ3v) is 3.63. The molecular weight excluding hydrogens is 325 g/mol. The zero-order chi connectivity index (χ0) is 12.1. The molecule has 17 heavy (non-hydrogen) atoms. The number of hydrogen-bond donors (Lipinski definition) is 2. The van der Waals surface area contributed by atoms with Gasteiger partial charge in [0.15, 0.2) is 0 Å². The lowest BCUT2D eigenvalue weighted by Crippen LogP contribution is -2.30. The molecule has 0 saturated heterocycles. The number of pyridine rings is 1. The van der Waals surface area contributed by atoms with Gasteiger partial charge in [0, 0.05) is 16.0 Å². The van der Waals surface area contributed by atoms with Crippen LogP contribution in [0.4, 0.5) is 0 Å². The van der Waals surface area contributed by atoms with Crippen molar-refractivity contribution in [3.05, 3.63) is 63.5 Å². The molecule has 1 unspecified atom stereocenters. The van der Waals surface area contributed by atoms with Gasteiger partial charge in [-0.3, -0.25) is 16.3 Å². The van der Waals surface area contributed by atoms with Crippen LogP contribution in [0.15, 0.2) is 48.8 Å². The number of nitrogens with one attached hydrogen (secondary N) is 1. The third-order valence-electron chi connectivity index (χ3n) is 2.64. The molecule has 0 fully saturated rings. The summed E-state index contributed by atoms with van der Waals surface area (Å²) in [4.78, 5) is 4.12. The Morgan fingerprint density at radius 1 is 1.24 bits per heavy atom. The number of hydrazine groups is 1. The van der Waals surface area contributed by atoms with Crippen molar-refractivity contribution in [2.45, 2.75) is 12.5 Å². The number of benzene rings is 1. The fraction of sp³-hybridized carbons (Fsp3) is 0.154. The van der Waals surface area contributed by atoms with Crippen molar-refractivity contribution in [1.29, 1.82) is 0 Å². The summed E-state index contributed by atoms with van der Waals surface area (Å²) in [5.74, 6) is 5.65. The second kappa shape index (κ2) is 6.09. The maximum absolute atomic E-state index is 5.65. The third kappa shape index (κ3) is 3.24. The lowest BCUT2D eigenvalue weighted by Gasteiger charge is -2.17. The Morgan fingerprint density at radius 2 is 2.06 bits per heavy atom. The van der Waals surface area contributed by atoms with Crippen LogP contribution in [0.2, 0.25) is 0 Å². The van der Waals surface area contributed by atoms with Gasteiger partial charge >= 0.3 is 0 Å². The Hall–Kier alpha value is -0.980. The van der Waals surface area contributed by atoms with E-state index in [4.69, 9.17) is 5.84 Å². The van der Waals surface area contributed by atoms with Crippen LogP contribution in [0.3, 0.4) is 0 Å². The van der Waals surface area contributed by atoms with E-state index in [0.29, 0.717) is 0 Å². The molecule has 0 bridgehead atoms. The standard InChI is InChI=1S/C13H14IN3/c14-12-6-2-1-5-11(12)13(17-15)8-10-4-3-7-16-9-10/h1-7,9,13,17H,8,15H2. The molecule has 1 heterocycles. The molecule has 2 rings (SSSR count).